The molecule has 0 fully saturated rings. The molecule has 157 valence electrons. The summed E-state index contributed by atoms with van der Waals surface area (Å²) in [5.74, 6) is -1.03. The SMILES string of the molecule is Fc1ccc(-c2cc(-c3ccc(F)cc3)nc(C3=CC(OC(F)(F)F)=CC[CH]3)n2)cc1. The van der Waals surface area contributed by atoms with E-state index in [4.69, 9.17) is 0 Å². The van der Waals surface area contributed by atoms with Crippen molar-refractivity contribution in [1.82, 2.24) is 9.97 Å². The Bertz CT molecular complexity index is 1090. The largest absolute Gasteiger partial charge is 0.573 e. The van der Waals surface area contributed by atoms with Crippen LogP contribution in [0.25, 0.3) is 28.1 Å². The van der Waals surface area contributed by atoms with Crippen molar-refractivity contribution >= 4 is 5.57 Å². The number of benzene rings is 2. The topological polar surface area (TPSA) is 35.0 Å². The fraction of sp³-hybridized carbons (Fsp3) is 0.0870. The zero-order valence-electron chi connectivity index (χ0n) is 15.8. The van der Waals surface area contributed by atoms with Crippen molar-refractivity contribution in [3.63, 3.8) is 0 Å². The van der Waals surface area contributed by atoms with E-state index in [-0.39, 0.29) is 18.0 Å². The fourth-order valence-corrected chi connectivity index (χ4v) is 3.05. The van der Waals surface area contributed by atoms with Crippen LogP contribution >= 0.6 is 0 Å². The van der Waals surface area contributed by atoms with Gasteiger partial charge in [0.2, 0.25) is 0 Å². The number of hydrogen-bond acceptors (Lipinski definition) is 3. The molecule has 31 heavy (non-hydrogen) atoms. The predicted octanol–water partition coefficient (Wildman–Crippen LogP) is 6.50. The Morgan fingerprint density at radius 2 is 1.29 bits per heavy atom. The van der Waals surface area contributed by atoms with Crippen molar-refractivity contribution in [2.24, 2.45) is 0 Å². The first kappa shape index (κ1) is 20.7. The fourth-order valence-electron chi connectivity index (χ4n) is 3.05. The van der Waals surface area contributed by atoms with Crippen LogP contribution in [0.1, 0.15) is 12.2 Å². The molecule has 0 amide bonds. The molecule has 0 atom stereocenters. The average molecular weight is 429 g/mol. The first-order chi connectivity index (χ1) is 14.8. The average Bonchev–Trinajstić information content (AvgIpc) is 2.73. The molecular formula is C23H14F5N2O. The van der Waals surface area contributed by atoms with Gasteiger partial charge in [0.05, 0.1) is 11.4 Å². The highest BCUT2D eigenvalue weighted by atomic mass is 19.4. The van der Waals surface area contributed by atoms with Crippen molar-refractivity contribution in [2.75, 3.05) is 0 Å². The molecule has 0 saturated carbocycles. The molecule has 2 aromatic carbocycles. The Kier molecular flexibility index (Phi) is 5.54. The maximum atomic E-state index is 13.3. The highest BCUT2D eigenvalue weighted by Gasteiger charge is 2.32. The van der Waals surface area contributed by atoms with Gasteiger partial charge in [0.25, 0.3) is 0 Å². The van der Waals surface area contributed by atoms with E-state index < -0.39 is 18.0 Å². The number of rotatable bonds is 4. The summed E-state index contributed by atoms with van der Waals surface area (Å²) in [7, 11) is 0. The molecule has 0 aliphatic heterocycles. The third-order valence-corrected chi connectivity index (χ3v) is 4.45. The maximum Gasteiger partial charge on any atom is 0.573 e. The summed E-state index contributed by atoms with van der Waals surface area (Å²) in [5.41, 5.74) is 2.39. The van der Waals surface area contributed by atoms with E-state index in [0.717, 1.165) is 0 Å². The summed E-state index contributed by atoms with van der Waals surface area (Å²) < 4.78 is 68.5. The lowest BCUT2D eigenvalue weighted by Crippen LogP contribution is -2.13. The predicted molar refractivity (Wildman–Crippen MR) is 105 cm³/mol. The summed E-state index contributed by atoms with van der Waals surface area (Å²) >= 11 is 0. The second-order valence-electron chi connectivity index (χ2n) is 6.67. The normalized spacial score (nSPS) is 14.1. The Labute approximate surface area is 174 Å². The minimum Gasteiger partial charge on any atom is -0.406 e. The summed E-state index contributed by atoms with van der Waals surface area (Å²) in [6, 6.07) is 12.9. The van der Waals surface area contributed by atoms with Gasteiger partial charge in [-0.3, -0.25) is 0 Å². The molecule has 0 spiro atoms. The number of aromatic nitrogens is 2. The number of alkyl halides is 3. The van der Waals surface area contributed by atoms with Crippen molar-refractivity contribution in [2.45, 2.75) is 12.8 Å². The van der Waals surface area contributed by atoms with Crippen LogP contribution < -0.4 is 0 Å². The van der Waals surface area contributed by atoms with Crippen molar-refractivity contribution in [1.29, 1.82) is 0 Å². The van der Waals surface area contributed by atoms with Gasteiger partial charge in [0.15, 0.2) is 5.82 Å². The highest BCUT2D eigenvalue weighted by molar-refractivity contribution is 5.76. The van der Waals surface area contributed by atoms with E-state index in [1.807, 2.05) is 0 Å². The Balaban J connectivity index is 1.80. The molecule has 1 aromatic heterocycles. The molecular weight excluding hydrogens is 415 g/mol. The van der Waals surface area contributed by atoms with E-state index in [1.54, 1.807) is 12.5 Å². The number of nitrogens with zero attached hydrogens (tertiary/aromatic N) is 2. The minimum absolute atomic E-state index is 0.164. The lowest BCUT2D eigenvalue weighted by molar-refractivity contribution is -0.303. The van der Waals surface area contributed by atoms with E-state index >= 15 is 0 Å². The highest BCUT2D eigenvalue weighted by Crippen LogP contribution is 2.31. The summed E-state index contributed by atoms with van der Waals surface area (Å²) in [4.78, 5) is 8.92. The van der Waals surface area contributed by atoms with Gasteiger partial charge >= 0.3 is 6.36 Å². The molecule has 3 aromatic rings. The Morgan fingerprint density at radius 1 is 0.774 bits per heavy atom. The summed E-state index contributed by atoms with van der Waals surface area (Å²) in [6.07, 6.45) is -0.452. The van der Waals surface area contributed by atoms with Gasteiger partial charge in [-0.05, 0) is 79.6 Å². The van der Waals surface area contributed by atoms with Crippen LogP contribution in [0.3, 0.4) is 0 Å². The van der Waals surface area contributed by atoms with Gasteiger partial charge in [-0.15, -0.1) is 13.2 Å². The van der Waals surface area contributed by atoms with Crippen LogP contribution in [0.4, 0.5) is 22.0 Å². The first-order valence-electron chi connectivity index (χ1n) is 9.19. The van der Waals surface area contributed by atoms with Gasteiger partial charge in [-0.1, -0.05) is 0 Å². The third kappa shape index (κ3) is 5.14. The lowest BCUT2D eigenvalue weighted by atomic mass is 10.0. The van der Waals surface area contributed by atoms with Crippen molar-refractivity contribution < 1.29 is 26.7 Å². The molecule has 3 nitrogen and oxygen atoms in total. The minimum atomic E-state index is -4.82. The van der Waals surface area contributed by atoms with Gasteiger partial charge in [0.1, 0.15) is 17.4 Å². The lowest BCUT2D eigenvalue weighted by Gasteiger charge is -2.16. The van der Waals surface area contributed by atoms with Crippen LogP contribution in [0, 0.1) is 18.1 Å². The summed E-state index contributed by atoms with van der Waals surface area (Å²) in [6.45, 7) is 0. The van der Waals surface area contributed by atoms with Crippen molar-refractivity contribution in [3.05, 3.63) is 96.4 Å². The van der Waals surface area contributed by atoms with Crippen LogP contribution in [-0.4, -0.2) is 16.3 Å². The second kappa shape index (κ2) is 8.29. The van der Waals surface area contributed by atoms with E-state index in [0.29, 0.717) is 28.1 Å². The summed E-state index contributed by atoms with van der Waals surface area (Å²) in [5, 5.41) is 0. The number of ether oxygens (including phenoxy) is 1. The van der Waals surface area contributed by atoms with Gasteiger partial charge < -0.3 is 4.74 Å². The van der Waals surface area contributed by atoms with E-state index in [2.05, 4.69) is 14.7 Å². The third-order valence-electron chi connectivity index (χ3n) is 4.45. The van der Waals surface area contributed by atoms with Crippen LogP contribution in [0.2, 0.25) is 0 Å². The monoisotopic (exact) mass is 429 g/mol. The Morgan fingerprint density at radius 3 is 1.77 bits per heavy atom. The molecule has 1 aliphatic rings. The first-order valence-corrected chi connectivity index (χ1v) is 9.19. The van der Waals surface area contributed by atoms with Crippen LogP contribution in [-0.2, 0) is 4.74 Å². The van der Waals surface area contributed by atoms with Gasteiger partial charge in [0, 0.05) is 16.7 Å². The standard InChI is InChI=1S/C23H14F5N2O/c24-17-8-4-14(5-9-17)20-13-21(15-6-10-18(25)11-7-15)30-22(29-20)16-2-1-3-19(12-16)31-23(26,27)28/h2-13H,1H2. The number of hydrogen-bond donors (Lipinski definition) is 0. The second-order valence-corrected chi connectivity index (χ2v) is 6.67. The van der Waals surface area contributed by atoms with Crippen LogP contribution in [0.5, 0.6) is 0 Å². The van der Waals surface area contributed by atoms with E-state index in [9.17, 15) is 22.0 Å². The molecule has 0 unspecified atom stereocenters. The smallest absolute Gasteiger partial charge is 0.406 e. The molecule has 1 aliphatic carbocycles. The molecule has 8 heteroatoms. The zero-order valence-corrected chi connectivity index (χ0v) is 15.8. The number of halogens is 5. The molecule has 1 heterocycles. The molecule has 4 rings (SSSR count). The van der Waals surface area contributed by atoms with Crippen LogP contribution in [0.15, 0.2) is 72.5 Å². The van der Waals surface area contributed by atoms with Crippen molar-refractivity contribution in [3.8, 4) is 22.5 Å². The number of allylic oxidation sites excluding steroid dienone is 3. The zero-order chi connectivity index (χ0) is 22.0. The van der Waals surface area contributed by atoms with E-state index in [1.165, 1.54) is 60.7 Å². The van der Waals surface area contributed by atoms with Gasteiger partial charge in [-0.25, -0.2) is 18.7 Å². The molecule has 0 saturated heterocycles. The maximum absolute atomic E-state index is 13.3. The molecule has 0 bridgehead atoms. The Hall–Kier alpha value is -3.55. The molecule has 0 N–H and O–H groups in total. The quantitative estimate of drug-likeness (QED) is 0.444. The van der Waals surface area contributed by atoms with Gasteiger partial charge in [-0.2, -0.15) is 0 Å². The molecule has 1 radical (unpaired) electrons.